The summed E-state index contributed by atoms with van der Waals surface area (Å²) in [6, 6.07) is 0.765. The van der Waals surface area contributed by atoms with Crippen LogP contribution in [-0.2, 0) is 11.3 Å². The average molecular weight is 362 g/mol. The van der Waals surface area contributed by atoms with E-state index in [9.17, 15) is 14.9 Å². The molecule has 2 saturated carbocycles. The van der Waals surface area contributed by atoms with E-state index in [0.717, 1.165) is 25.7 Å². The maximum Gasteiger partial charge on any atom is 0.309 e. The van der Waals surface area contributed by atoms with Gasteiger partial charge in [-0.25, -0.2) is 0 Å². The first-order chi connectivity index (χ1) is 12.6. The Morgan fingerprint density at radius 3 is 2.15 bits per heavy atom. The zero-order valence-electron chi connectivity index (χ0n) is 15.7. The molecule has 0 N–H and O–H groups in total. The zero-order chi connectivity index (χ0) is 18.5. The van der Waals surface area contributed by atoms with Crippen LogP contribution in [0, 0.1) is 17.0 Å². The van der Waals surface area contributed by atoms with Gasteiger partial charge in [-0.05, 0) is 32.6 Å². The molecule has 144 valence electrons. The molecule has 1 aromatic rings. The molecule has 0 unspecified atom stereocenters. The van der Waals surface area contributed by atoms with Gasteiger partial charge in [0.2, 0.25) is 5.91 Å². The van der Waals surface area contributed by atoms with Gasteiger partial charge in [-0.2, -0.15) is 5.10 Å². The van der Waals surface area contributed by atoms with Crippen LogP contribution in [0.3, 0.4) is 0 Å². The Labute approximate surface area is 154 Å². The Morgan fingerprint density at radius 1 is 1.15 bits per heavy atom. The number of rotatable bonds is 6. The van der Waals surface area contributed by atoms with Gasteiger partial charge in [-0.1, -0.05) is 38.5 Å². The second kappa shape index (κ2) is 8.64. The molecule has 0 saturated heterocycles. The van der Waals surface area contributed by atoms with Crippen LogP contribution in [0.25, 0.3) is 0 Å². The van der Waals surface area contributed by atoms with Gasteiger partial charge in [0.05, 0.1) is 4.92 Å². The quantitative estimate of drug-likeness (QED) is 0.566. The molecular formula is C19H30N4O3. The highest BCUT2D eigenvalue weighted by Gasteiger charge is 2.32. The van der Waals surface area contributed by atoms with Gasteiger partial charge in [0.15, 0.2) is 0 Å². The first-order valence-corrected chi connectivity index (χ1v) is 10.1. The fourth-order valence-corrected chi connectivity index (χ4v) is 4.56. The van der Waals surface area contributed by atoms with Crippen molar-refractivity contribution in [3.05, 3.63) is 22.0 Å². The summed E-state index contributed by atoms with van der Waals surface area (Å²) in [6.07, 6.45) is 13.7. The van der Waals surface area contributed by atoms with Gasteiger partial charge in [0.1, 0.15) is 11.9 Å². The van der Waals surface area contributed by atoms with Crippen molar-refractivity contribution >= 4 is 11.6 Å². The Morgan fingerprint density at radius 2 is 1.69 bits per heavy atom. The van der Waals surface area contributed by atoms with E-state index in [1.54, 1.807) is 11.6 Å². The van der Waals surface area contributed by atoms with Crippen LogP contribution in [0.4, 0.5) is 5.69 Å². The van der Waals surface area contributed by atoms with Crippen LogP contribution in [-0.4, -0.2) is 37.6 Å². The Balaban J connectivity index is 1.66. The molecule has 7 nitrogen and oxygen atoms in total. The lowest BCUT2D eigenvalue weighted by atomic mass is 9.88. The smallest absolute Gasteiger partial charge is 0.309 e. The van der Waals surface area contributed by atoms with Gasteiger partial charge in [0.25, 0.3) is 0 Å². The van der Waals surface area contributed by atoms with Crippen LogP contribution in [0.5, 0.6) is 0 Å². The van der Waals surface area contributed by atoms with Crippen LogP contribution >= 0.6 is 0 Å². The standard InChI is InChI=1S/C19H30N4O3/c1-15-18(23(25)26)14-21(20-15)13-12-19(24)22(16-8-4-2-5-9-16)17-10-6-3-7-11-17/h14,16-17H,2-13H2,1H3. The fourth-order valence-electron chi connectivity index (χ4n) is 4.56. The number of nitrogens with zero attached hydrogens (tertiary/aromatic N) is 4. The van der Waals surface area contributed by atoms with E-state index in [2.05, 4.69) is 10.00 Å². The molecule has 1 heterocycles. The molecule has 2 aliphatic carbocycles. The molecular weight excluding hydrogens is 332 g/mol. The molecule has 1 amide bonds. The molecule has 1 aromatic heterocycles. The third-order valence-corrected chi connectivity index (χ3v) is 5.90. The lowest BCUT2D eigenvalue weighted by Gasteiger charge is -2.42. The summed E-state index contributed by atoms with van der Waals surface area (Å²) in [5, 5.41) is 15.2. The van der Waals surface area contributed by atoms with Gasteiger partial charge >= 0.3 is 5.69 Å². The summed E-state index contributed by atoms with van der Waals surface area (Å²) >= 11 is 0. The fraction of sp³-hybridized carbons (Fsp3) is 0.789. The molecule has 0 aliphatic heterocycles. The molecule has 26 heavy (non-hydrogen) atoms. The van der Waals surface area contributed by atoms with Crippen LogP contribution in [0.1, 0.15) is 76.3 Å². The van der Waals surface area contributed by atoms with Gasteiger partial charge in [0, 0.05) is 25.0 Å². The maximum absolute atomic E-state index is 13.1. The van der Waals surface area contributed by atoms with Crippen molar-refractivity contribution in [2.75, 3.05) is 0 Å². The zero-order valence-corrected chi connectivity index (χ0v) is 15.7. The number of nitro groups is 1. The topological polar surface area (TPSA) is 81.3 Å². The molecule has 0 radical (unpaired) electrons. The number of hydrogen-bond acceptors (Lipinski definition) is 4. The van der Waals surface area contributed by atoms with Gasteiger partial charge in [-0.15, -0.1) is 0 Å². The monoisotopic (exact) mass is 362 g/mol. The minimum Gasteiger partial charge on any atom is -0.337 e. The molecule has 0 aromatic carbocycles. The second-order valence-corrected chi connectivity index (χ2v) is 7.75. The minimum atomic E-state index is -0.420. The van der Waals surface area contributed by atoms with Crippen molar-refractivity contribution in [2.45, 2.75) is 96.2 Å². The Hall–Kier alpha value is -1.92. The van der Waals surface area contributed by atoms with E-state index in [1.165, 1.54) is 44.7 Å². The lowest BCUT2D eigenvalue weighted by molar-refractivity contribution is -0.385. The lowest BCUT2D eigenvalue weighted by Crippen LogP contribution is -2.49. The summed E-state index contributed by atoms with van der Waals surface area (Å²) in [5.41, 5.74) is 0.424. The van der Waals surface area contributed by atoms with E-state index in [4.69, 9.17) is 0 Å². The minimum absolute atomic E-state index is 0.0221. The molecule has 0 spiro atoms. The number of carbonyl (C=O) groups is 1. The first-order valence-electron chi connectivity index (χ1n) is 10.1. The third kappa shape index (κ3) is 4.43. The van der Waals surface area contributed by atoms with Crippen molar-refractivity contribution in [2.24, 2.45) is 0 Å². The highest BCUT2D eigenvalue weighted by atomic mass is 16.6. The van der Waals surface area contributed by atoms with Crippen LogP contribution < -0.4 is 0 Å². The van der Waals surface area contributed by atoms with E-state index >= 15 is 0 Å². The molecule has 2 aliphatic rings. The van der Waals surface area contributed by atoms with Crippen molar-refractivity contribution < 1.29 is 9.72 Å². The van der Waals surface area contributed by atoms with Crippen molar-refractivity contribution in [3.63, 3.8) is 0 Å². The maximum atomic E-state index is 13.1. The van der Waals surface area contributed by atoms with E-state index in [-0.39, 0.29) is 11.6 Å². The number of aryl methyl sites for hydroxylation is 2. The average Bonchev–Trinajstić information content (AvgIpc) is 3.03. The Kier molecular flexibility index (Phi) is 6.27. The van der Waals surface area contributed by atoms with Crippen molar-refractivity contribution in [3.8, 4) is 0 Å². The number of carbonyl (C=O) groups excluding carboxylic acids is 1. The third-order valence-electron chi connectivity index (χ3n) is 5.90. The van der Waals surface area contributed by atoms with Crippen LogP contribution in [0.15, 0.2) is 6.20 Å². The largest absolute Gasteiger partial charge is 0.337 e. The SMILES string of the molecule is Cc1nn(CCC(=O)N(C2CCCCC2)C2CCCCC2)cc1[N+](=O)[O-]. The predicted octanol–water partition coefficient (Wildman–Crippen LogP) is 3.98. The van der Waals surface area contributed by atoms with Crippen molar-refractivity contribution in [1.82, 2.24) is 14.7 Å². The van der Waals surface area contributed by atoms with Crippen LogP contribution in [0.2, 0.25) is 0 Å². The molecule has 7 heteroatoms. The van der Waals surface area contributed by atoms with Crippen molar-refractivity contribution in [1.29, 1.82) is 0 Å². The van der Waals surface area contributed by atoms with Gasteiger partial charge in [-0.3, -0.25) is 19.6 Å². The molecule has 0 bridgehead atoms. The first kappa shape index (κ1) is 18.9. The highest BCUT2D eigenvalue weighted by Crippen LogP contribution is 2.30. The number of aromatic nitrogens is 2. The molecule has 0 atom stereocenters. The summed E-state index contributed by atoms with van der Waals surface area (Å²) in [5.74, 6) is 0.194. The highest BCUT2D eigenvalue weighted by molar-refractivity contribution is 5.77. The summed E-state index contributed by atoms with van der Waals surface area (Å²) in [6.45, 7) is 2.04. The normalized spacial score (nSPS) is 19.4. The predicted molar refractivity (Wildman–Crippen MR) is 98.8 cm³/mol. The number of amides is 1. The molecule has 2 fully saturated rings. The van der Waals surface area contributed by atoms with E-state index < -0.39 is 4.92 Å². The second-order valence-electron chi connectivity index (χ2n) is 7.75. The summed E-state index contributed by atoms with van der Waals surface area (Å²) < 4.78 is 1.55. The molecule has 3 rings (SSSR count). The summed E-state index contributed by atoms with van der Waals surface area (Å²) in [7, 11) is 0. The Bertz CT molecular complexity index is 613. The number of hydrogen-bond donors (Lipinski definition) is 0. The van der Waals surface area contributed by atoms with Gasteiger partial charge < -0.3 is 4.90 Å². The van der Waals surface area contributed by atoms with E-state index in [1.807, 2.05) is 0 Å². The summed E-state index contributed by atoms with van der Waals surface area (Å²) in [4.78, 5) is 25.8. The van der Waals surface area contributed by atoms with E-state index in [0.29, 0.717) is 30.7 Å².